The SMILES string of the molecule is CCN1CCCCC1CNC(=NC)NCC(OC)C(C)(C)C. The highest BCUT2D eigenvalue weighted by molar-refractivity contribution is 5.79. The molecule has 0 aromatic rings. The highest BCUT2D eigenvalue weighted by Gasteiger charge is 2.25. The molecule has 0 bridgehead atoms. The van der Waals surface area contributed by atoms with Crippen LogP contribution in [0.25, 0.3) is 0 Å². The number of hydrogen-bond donors (Lipinski definition) is 2. The van der Waals surface area contributed by atoms with Crippen LogP contribution < -0.4 is 10.6 Å². The first kappa shape index (κ1) is 19.2. The number of rotatable bonds is 6. The molecule has 1 aliphatic rings. The quantitative estimate of drug-likeness (QED) is 0.582. The van der Waals surface area contributed by atoms with Crippen LogP contribution in [-0.2, 0) is 4.74 Å². The predicted octanol–water partition coefficient (Wildman–Crippen LogP) is 2.09. The van der Waals surface area contributed by atoms with E-state index in [4.69, 9.17) is 4.74 Å². The van der Waals surface area contributed by atoms with E-state index < -0.39 is 0 Å². The molecule has 2 N–H and O–H groups in total. The minimum Gasteiger partial charge on any atom is -0.379 e. The number of likely N-dealkylation sites (N-methyl/N-ethyl adjacent to an activating group) is 1. The van der Waals surface area contributed by atoms with E-state index in [1.807, 2.05) is 7.05 Å². The molecular weight excluding hydrogens is 276 g/mol. The molecule has 1 aliphatic heterocycles. The van der Waals surface area contributed by atoms with E-state index in [-0.39, 0.29) is 11.5 Å². The third-order valence-electron chi connectivity index (χ3n) is 4.59. The molecular formula is C17H36N4O. The van der Waals surface area contributed by atoms with Gasteiger partial charge in [0.1, 0.15) is 0 Å². The van der Waals surface area contributed by atoms with Crippen LogP contribution in [0.2, 0.25) is 0 Å². The zero-order valence-corrected chi connectivity index (χ0v) is 15.4. The molecule has 0 spiro atoms. The van der Waals surface area contributed by atoms with Crippen molar-refractivity contribution in [3.8, 4) is 0 Å². The monoisotopic (exact) mass is 312 g/mol. The lowest BCUT2D eigenvalue weighted by Gasteiger charge is -2.35. The van der Waals surface area contributed by atoms with Gasteiger partial charge in [-0.05, 0) is 31.3 Å². The van der Waals surface area contributed by atoms with Gasteiger partial charge >= 0.3 is 0 Å². The Labute approximate surface area is 136 Å². The first-order chi connectivity index (χ1) is 10.4. The van der Waals surface area contributed by atoms with Gasteiger partial charge < -0.3 is 15.4 Å². The Morgan fingerprint density at radius 1 is 1.32 bits per heavy atom. The predicted molar refractivity (Wildman–Crippen MR) is 94.5 cm³/mol. The van der Waals surface area contributed by atoms with Gasteiger partial charge in [-0.1, -0.05) is 34.1 Å². The summed E-state index contributed by atoms with van der Waals surface area (Å²) in [6, 6.07) is 0.623. The average molecular weight is 313 g/mol. The smallest absolute Gasteiger partial charge is 0.191 e. The summed E-state index contributed by atoms with van der Waals surface area (Å²) in [5.41, 5.74) is 0.114. The van der Waals surface area contributed by atoms with Gasteiger partial charge in [-0.25, -0.2) is 0 Å². The lowest BCUT2D eigenvalue weighted by molar-refractivity contribution is 0.0205. The minimum absolute atomic E-state index is 0.114. The minimum atomic E-state index is 0.114. The molecule has 0 amide bonds. The van der Waals surface area contributed by atoms with Crippen molar-refractivity contribution in [2.45, 2.75) is 59.1 Å². The number of methoxy groups -OCH3 is 1. The fourth-order valence-corrected chi connectivity index (χ4v) is 3.08. The number of hydrogen-bond acceptors (Lipinski definition) is 3. The van der Waals surface area contributed by atoms with Gasteiger partial charge in [-0.15, -0.1) is 0 Å². The Morgan fingerprint density at radius 3 is 2.59 bits per heavy atom. The number of nitrogens with zero attached hydrogens (tertiary/aromatic N) is 2. The van der Waals surface area contributed by atoms with Gasteiger partial charge in [-0.3, -0.25) is 9.89 Å². The van der Waals surface area contributed by atoms with Crippen LogP contribution in [0.1, 0.15) is 47.0 Å². The number of nitrogens with one attached hydrogen (secondary N) is 2. The Bertz CT molecular complexity index is 338. The topological polar surface area (TPSA) is 48.9 Å². The number of likely N-dealkylation sites (tertiary alicyclic amines) is 1. The molecule has 22 heavy (non-hydrogen) atoms. The lowest BCUT2D eigenvalue weighted by Crippen LogP contribution is -2.50. The van der Waals surface area contributed by atoms with Crippen molar-refractivity contribution < 1.29 is 4.74 Å². The lowest BCUT2D eigenvalue weighted by atomic mass is 9.89. The molecule has 1 rings (SSSR count). The maximum absolute atomic E-state index is 5.59. The van der Waals surface area contributed by atoms with Crippen LogP contribution in [0, 0.1) is 5.41 Å². The molecule has 1 saturated heterocycles. The Kier molecular flexibility index (Phi) is 8.18. The van der Waals surface area contributed by atoms with Gasteiger partial charge in [-0.2, -0.15) is 0 Å². The molecule has 0 aromatic carbocycles. The van der Waals surface area contributed by atoms with Crippen molar-refractivity contribution in [1.29, 1.82) is 0 Å². The maximum atomic E-state index is 5.59. The molecule has 2 unspecified atom stereocenters. The zero-order valence-electron chi connectivity index (χ0n) is 15.4. The maximum Gasteiger partial charge on any atom is 0.191 e. The summed E-state index contributed by atoms with van der Waals surface area (Å²) in [4.78, 5) is 6.90. The van der Waals surface area contributed by atoms with Crippen LogP contribution in [0.5, 0.6) is 0 Å². The summed E-state index contributed by atoms with van der Waals surface area (Å²) in [7, 11) is 3.60. The summed E-state index contributed by atoms with van der Waals surface area (Å²) < 4.78 is 5.59. The van der Waals surface area contributed by atoms with E-state index >= 15 is 0 Å². The third-order valence-corrected chi connectivity index (χ3v) is 4.59. The normalized spacial score (nSPS) is 22.5. The van der Waals surface area contributed by atoms with E-state index in [2.05, 4.69) is 48.2 Å². The molecule has 5 nitrogen and oxygen atoms in total. The van der Waals surface area contributed by atoms with Crippen molar-refractivity contribution in [3.05, 3.63) is 0 Å². The van der Waals surface area contributed by atoms with Crippen molar-refractivity contribution in [2.24, 2.45) is 10.4 Å². The fraction of sp³-hybridized carbons (Fsp3) is 0.941. The van der Waals surface area contributed by atoms with E-state index in [1.165, 1.54) is 25.8 Å². The number of piperidine rings is 1. The Morgan fingerprint density at radius 2 is 2.05 bits per heavy atom. The second-order valence-electron chi connectivity index (χ2n) is 7.20. The molecule has 130 valence electrons. The summed E-state index contributed by atoms with van der Waals surface area (Å²) in [6.07, 6.45) is 4.11. The summed E-state index contributed by atoms with van der Waals surface area (Å²) in [5, 5.41) is 6.87. The first-order valence-corrected chi connectivity index (χ1v) is 8.63. The Balaban J connectivity index is 2.42. The Hall–Kier alpha value is -0.810. The van der Waals surface area contributed by atoms with E-state index in [9.17, 15) is 0 Å². The van der Waals surface area contributed by atoms with Crippen LogP contribution in [0.3, 0.4) is 0 Å². The molecule has 1 heterocycles. The summed E-state index contributed by atoms with van der Waals surface area (Å²) in [5.74, 6) is 0.868. The number of guanidine groups is 1. The highest BCUT2D eigenvalue weighted by Crippen LogP contribution is 2.21. The van der Waals surface area contributed by atoms with Gasteiger partial charge in [0.15, 0.2) is 5.96 Å². The fourth-order valence-electron chi connectivity index (χ4n) is 3.08. The van der Waals surface area contributed by atoms with Gasteiger partial charge in [0.25, 0.3) is 0 Å². The second-order valence-corrected chi connectivity index (χ2v) is 7.20. The molecule has 5 heteroatoms. The molecule has 0 saturated carbocycles. The van der Waals surface area contributed by atoms with Crippen molar-refractivity contribution in [3.63, 3.8) is 0 Å². The summed E-state index contributed by atoms with van der Waals surface area (Å²) in [6.45, 7) is 12.9. The molecule has 0 aliphatic carbocycles. The van der Waals surface area contributed by atoms with Gasteiger partial charge in [0.2, 0.25) is 0 Å². The van der Waals surface area contributed by atoms with Crippen LogP contribution in [0.4, 0.5) is 0 Å². The van der Waals surface area contributed by atoms with Crippen LogP contribution in [-0.4, -0.2) is 63.3 Å². The third kappa shape index (κ3) is 6.13. The molecule has 0 radical (unpaired) electrons. The standard InChI is InChI=1S/C17H36N4O/c1-7-21-11-9-8-10-14(21)12-19-16(18-5)20-13-15(22-6)17(2,3)4/h14-15H,7-13H2,1-6H3,(H2,18,19,20). The number of aliphatic imine (C=N–C) groups is 1. The summed E-state index contributed by atoms with van der Waals surface area (Å²) >= 11 is 0. The number of ether oxygens (including phenoxy) is 1. The highest BCUT2D eigenvalue weighted by atomic mass is 16.5. The molecule has 2 atom stereocenters. The van der Waals surface area contributed by atoms with Gasteiger partial charge in [0, 0.05) is 33.3 Å². The van der Waals surface area contributed by atoms with Crippen LogP contribution in [0.15, 0.2) is 4.99 Å². The van der Waals surface area contributed by atoms with E-state index in [0.717, 1.165) is 25.6 Å². The second kappa shape index (κ2) is 9.36. The zero-order chi connectivity index (χ0) is 16.6. The van der Waals surface area contributed by atoms with Gasteiger partial charge in [0.05, 0.1) is 6.10 Å². The van der Waals surface area contributed by atoms with Crippen LogP contribution >= 0.6 is 0 Å². The molecule has 1 fully saturated rings. The largest absolute Gasteiger partial charge is 0.379 e. The van der Waals surface area contributed by atoms with E-state index in [1.54, 1.807) is 7.11 Å². The van der Waals surface area contributed by atoms with Crippen molar-refractivity contribution in [1.82, 2.24) is 15.5 Å². The van der Waals surface area contributed by atoms with E-state index in [0.29, 0.717) is 6.04 Å². The van der Waals surface area contributed by atoms with Crippen molar-refractivity contribution in [2.75, 3.05) is 40.3 Å². The van der Waals surface area contributed by atoms with Crippen molar-refractivity contribution >= 4 is 5.96 Å². The first-order valence-electron chi connectivity index (χ1n) is 8.63. The average Bonchev–Trinajstić information content (AvgIpc) is 2.49. The molecule has 0 aromatic heterocycles.